The first kappa shape index (κ1) is 19.8. The highest BCUT2D eigenvalue weighted by Crippen LogP contribution is 2.16. The van der Waals surface area contributed by atoms with Crippen molar-refractivity contribution in [3.05, 3.63) is 81.5 Å². The summed E-state index contributed by atoms with van der Waals surface area (Å²) in [6, 6.07) is 14.3. The van der Waals surface area contributed by atoms with E-state index >= 15 is 0 Å². The van der Waals surface area contributed by atoms with Gasteiger partial charge in [-0.1, -0.05) is 30.3 Å². The molecule has 140 valence electrons. The second kappa shape index (κ2) is 8.27. The third kappa shape index (κ3) is 6.07. The van der Waals surface area contributed by atoms with E-state index in [-0.39, 0.29) is 11.4 Å². The molecule has 2 N–H and O–H groups in total. The van der Waals surface area contributed by atoms with E-state index in [4.69, 9.17) is 0 Å². The maximum atomic E-state index is 12.6. The van der Waals surface area contributed by atoms with Gasteiger partial charge in [0.25, 0.3) is 17.5 Å². The Hall–Kier alpha value is -3.48. The summed E-state index contributed by atoms with van der Waals surface area (Å²) in [5.74, 6) is -0.936. The molecule has 0 heterocycles. The zero-order chi connectivity index (χ0) is 20.0. The number of amides is 2. The van der Waals surface area contributed by atoms with Crippen LogP contribution in [0.25, 0.3) is 6.08 Å². The Morgan fingerprint density at radius 3 is 2.30 bits per heavy atom. The van der Waals surface area contributed by atoms with Gasteiger partial charge in [0.05, 0.1) is 4.92 Å². The third-order valence-corrected chi connectivity index (χ3v) is 3.41. The summed E-state index contributed by atoms with van der Waals surface area (Å²) in [6.07, 6.45) is 1.41. The van der Waals surface area contributed by atoms with Gasteiger partial charge in [0.1, 0.15) is 5.70 Å². The Balaban J connectivity index is 2.37. The smallest absolute Gasteiger partial charge is 0.270 e. The fraction of sp³-hybridized carbons (Fsp3) is 0.200. The summed E-state index contributed by atoms with van der Waals surface area (Å²) in [5.41, 5.74) is 0.201. The number of benzene rings is 2. The van der Waals surface area contributed by atoms with Gasteiger partial charge in [0, 0.05) is 23.2 Å². The molecule has 2 rings (SSSR count). The molecule has 0 fully saturated rings. The van der Waals surface area contributed by atoms with Crippen LogP contribution < -0.4 is 10.6 Å². The second-order valence-corrected chi connectivity index (χ2v) is 6.93. The normalized spacial score (nSPS) is 11.6. The minimum atomic E-state index is -0.519. The van der Waals surface area contributed by atoms with E-state index in [9.17, 15) is 19.7 Å². The number of hydrogen-bond donors (Lipinski definition) is 2. The Labute approximate surface area is 157 Å². The van der Waals surface area contributed by atoms with Crippen molar-refractivity contribution in [2.75, 3.05) is 0 Å². The summed E-state index contributed by atoms with van der Waals surface area (Å²) in [4.78, 5) is 35.5. The molecule has 7 nitrogen and oxygen atoms in total. The Morgan fingerprint density at radius 2 is 1.70 bits per heavy atom. The van der Waals surface area contributed by atoms with E-state index in [1.807, 2.05) is 20.8 Å². The number of nitro groups is 1. The van der Waals surface area contributed by atoms with Gasteiger partial charge in [-0.15, -0.1) is 0 Å². The summed E-state index contributed by atoms with van der Waals surface area (Å²) >= 11 is 0. The van der Waals surface area contributed by atoms with Crippen LogP contribution in [0.15, 0.2) is 60.3 Å². The van der Waals surface area contributed by atoms with Gasteiger partial charge in [-0.25, -0.2) is 0 Å². The highest BCUT2D eigenvalue weighted by molar-refractivity contribution is 6.05. The first-order valence-corrected chi connectivity index (χ1v) is 8.31. The van der Waals surface area contributed by atoms with Crippen molar-refractivity contribution in [3.63, 3.8) is 0 Å². The topological polar surface area (TPSA) is 101 Å². The van der Waals surface area contributed by atoms with Crippen molar-refractivity contribution >= 4 is 23.6 Å². The molecule has 2 aromatic rings. The molecule has 2 aromatic carbocycles. The SMILES string of the molecule is CC(C)(C)NC(=O)C(=Cc1cccc([N+](=O)[O-])c1)NC(=O)c1ccccc1. The summed E-state index contributed by atoms with van der Waals surface area (Å²) < 4.78 is 0. The molecule has 0 spiro atoms. The molecule has 0 bridgehead atoms. The largest absolute Gasteiger partial charge is 0.346 e. The average Bonchev–Trinajstić information content (AvgIpc) is 2.60. The Morgan fingerprint density at radius 1 is 1.04 bits per heavy atom. The van der Waals surface area contributed by atoms with Gasteiger partial charge in [0.2, 0.25) is 0 Å². The number of nitro benzene ring substituents is 1. The molecule has 0 saturated heterocycles. The Bertz CT molecular complexity index is 884. The lowest BCUT2D eigenvalue weighted by Crippen LogP contribution is -2.44. The van der Waals surface area contributed by atoms with Crippen LogP contribution in [0.2, 0.25) is 0 Å². The number of nitrogens with zero attached hydrogens (tertiary/aromatic N) is 1. The van der Waals surface area contributed by atoms with Crippen molar-refractivity contribution < 1.29 is 14.5 Å². The quantitative estimate of drug-likeness (QED) is 0.481. The van der Waals surface area contributed by atoms with Crippen LogP contribution >= 0.6 is 0 Å². The molecule has 0 aliphatic carbocycles. The van der Waals surface area contributed by atoms with Gasteiger partial charge < -0.3 is 10.6 Å². The van der Waals surface area contributed by atoms with Crippen LogP contribution in [0.5, 0.6) is 0 Å². The summed E-state index contributed by atoms with van der Waals surface area (Å²) in [7, 11) is 0. The van der Waals surface area contributed by atoms with Crippen LogP contribution in [0, 0.1) is 10.1 Å². The number of non-ortho nitro benzene ring substituents is 1. The molecule has 0 atom stereocenters. The van der Waals surface area contributed by atoms with E-state index < -0.39 is 22.3 Å². The van der Waals surface area contributed by atoms with Crippen LogP contribution in [0.1, 0.15) is 36.7 Å². The molecule has 27 heavy (non-hydrogen) atoms. The zero-order valence-electron chi connectivity index (χ0n) is 15.4. The minimum Gasteiger partial charge on any atom is -0.346 e. The highest BCUT2D eigenvalue weighted by atomic mass is 16.6. The number of carbonyl (C=O) groups is 2. The van der Waals surface area contributed by atoms with E-state index in [1.165, 1.54) is 24.3 Å². The number of carbonyl (C=O) groups excluding carboxylic acids is 2. The van der Waals surface area contributed by atoms with E-state index in [1.54, 1.807) is 36.4 Å². The summed E-state index contributed by atoms with van der Waals surface area (Å²) in [6.45, 7) is 5.44. The third-order valence-electron chi connectivity index (χ3n) is 3.41. The molecule has 7 heteroatoms. The number of nitrogens with one attached hydrogen (secondary N) is 2. The van der Waals surface area contributed by atoms with Crippen molar-refractivity contribution in [1.29, 1.82) is 0 Å². The fourth-order valence-corrected chi connectivity index (χ4v) is 2.25. The molecule has 0 saturated carbocycles. The molecule has 0 aliphatic heterocycles. The monoisotopic (exact) mass is 367 g/mol. The highest BCUT2D eigenvalue weighted by Gasteiger charge is 2.20. The maximum Gasteiger partial charge on any atom is 0.270 e. The molecule has 0 unspecified atom stereocenters. The second-order valence-electron chi connectivity index (χ2n) is 6.93. The lowest BCUT2D eigenvalue weighted by Gasteiger charge is -2.22. The van der Waals surface area contributed by atoms with Crippen LogP contribution in [0.3, 0.4) is 0 Å². The van der Waals surface area contributed by atoms with Crippen LogP contribution in [-0.4, -0.2) is 22.3 Å². The molecular weight excluding hydrogens is 346 g/mol. The molecule has 0 radical (unpaired) electrons. The van der Waals surface area contributed by atoms with Crippen molar-refractivity contribution in [2.45, 2.75) is 26.3 Å². The first-order valence-electron chi connectivity index (χ1n) is 8.31. The molecule has 0 aromatic heterocycles. The van der Waals surface area contributed by atoms with Gasteiger partial charge in [-0.3, -0.25) is 19.7 Å². The Kier molecular flexibility index (Phi) is 6.07. The standard InChI is InChI=1S/C20H21N3O4/c1-20(2,3)22-19(25)17(21-18(24)15-9-5-4-6-10-15)13-14-8-7-11-16(12-14)23(26)27/h4-13H,1-3H3,(H,21,24)(H,22,25). The maximum absolute atomic E-state index is 12.6. The molecule has 2 amide bonds. The minimum absolute atomic E-state index is 0.000670. The van der Waals surface area contributed by atoms with E-state index in [0.717, 1.165) is 0 Å². The van der Waals surface area contributed by atoms with Gasteiger partial charge in [0.15, 0.2) is 0 Å². The van der Waals surface area contributed by atoms with E-state index in [0.29, 0.717) is 11.1 Å². The van der Waals surface area contributed by atoms with Gasteiger partial charge in [-0.2, -0.15) is 0 Å². The van der Waals surface area contributed by atoms with Gasteiger partial charge in [-0.05, 0) is 44.5 Å². The predicted octanol–water partition coefficient (Wildman–Crippen LogP) is 3.28. The molecular formula is C20H21N3O4. The lowest BCUT2D eigenvalue weighted by atomic mass is 10.1. The van der Waals surface area contributed by atoms with Crippen LogP contribution in [-0.2, 0) is 4.79 Å². The number of hydrogen-bond acceptors (Lipinski definition) is 4. The molecule has 0 aliphatic rings. The van der Waals surface area contributed by atoms with E-state index in [2.05, 4.69) is 10.6 Å². The number of rotatable bonds is 5. The van der Waals surface area contributed by atoms with Crippen molar-refractivity contribution in [2.24, 2.45) is 0 Å². The lowest BCUT2D eigenvalue weighted by molar-refractivity contribution is -0.384. The van der Waals surface area contributed by atoms with Crippen molar-refractivity contribution in [3.8, 4) is 0 Å². The fourth-order valence-electron chi connectivity index (χ4n) is 2.25. The van der Waals surface area contributed by atoms with Gasteiger partial charge >= 0.3 is 0 Å². The van der Waals surface area contributed by atoms with Crippen LogP contribution in [0.4, 0.5) is 5.69 Å². The zero-order valence-corrected chi connectivity index (χ0v) is 15.4. The predicted molar refractivity (Wildman–Crippen MR) is 103 cm³/mol. The summed E-state index contributed by atoms with van der Waals surface area (Å²) in [5, 5.41) is 16.3. The van der Waals surface area contributed by atoms with Crippen molar-refractivity contribution in [1.82, 2.24) is 10.6 Å². The average molecular weight is 367 g/mol. The first-order chi connectivity index (χ1) is 12.7.